The fourth-order valence-corrected chi connectivity index (χ4v) is 3.94. The van der Waals surface area contributed by atoms with E-state index in [0.717, 1.165) is 0 Å². The quantitative estimate of drug-likeness (QED) is 0.142. The van der Waals surface area contributed by atoms with Crippen LogP contribution in [0.1, 0.15) is 22.8 Å². The third-order valence-corrected chi connectivity index (χ3v) is 5.81. The Kier molecular flexibility index (Phi) is 11.2. The third-order valence-electron chi connectivity index (χ3n) is 4.97. The van der Waals surface area contributed by atoms with Gasteiger partial charge in [-0.2, -0.15) is 5.10 Å². The van der Waals surface area contributed by atoms with Crippen molar-refractivity contribution in [3.8, 4) is 23.0 Å². The number of benzene rings is 3. The maximum Gasteiger partial charge on any atom is 0.271 e. The normalized spacial score (nSPS) is 10.6. The fourth-order valence-electron chi connectivity index (χ4n) is 3.24. The number of nitrogens with one attached hydrogen (secondary N) is 2. The highest BCUT2D eigenvalue weighted by Gasteiger charge is 2.14. The van der Waals surface area contributed by atoms with E-state index < -0.39 is 5.91 Å². The van der Waals surface area contributed by atoms with Crippen LogP contribution in [0, 0.1) is 0 Å². The Labute approximate surface area is 239 Å². The molecule has 3 rings (SSSR count). The van der Waals surface area contributed by atoms with E-state index in [1.165, 1.54) is 13.3 Å². The molecule has 0 aromatic heterocycles. The molecule has 2 amide bonds. The number of hydrogen-bond donors (Lipinski definition) is 2. The van der Waals surface area contributed by atoms with Crippen LogP contribution >= 0.6 is 27.5 Å². The maximum absolute atomic E-state index is 12.6. The minimum Gasteiger partial charge on any atom is -0.493 e. The highest BCUT2D eigenvalue weighted by atomic mass is 79.9. The Morgan fingerprint density at radius 3 is 2.49 bits per heavy atom. The van der Waals surface area contributed by atoms with Crippen molar-refractivity contribution in [3.63, 3.8) is 0 Å². The molecule has 0 aliphatic carbocycles. The Hall–Kier alpha value is -4.02. The van der Waals surface area contributed by atoms with Crippen LogP contribution in [0.3, 0.4) is 0 Å². The monoisotopic (exact) mass is 615 g/mol. The van der Waals surface area contributed by atoms with Gasteiger partial charge in [-0.15, -0.1) is 0 Å². The Balaban J connectivity index is 1.63. The molecule has 0 heterocycles. The summed E-state index contributed by atoms with van der Waals surface area (Å²) in [5.74, 6) is 0.883. The molecular formula is C28H27BrClN3O6. The molecule has 0 radical (unpaired) electrons. The van der Waals surface area contributed by atoms with Gasteiger partial charge in [-0.25, -0.2) is 5.43 Å². The predicted octanol–water partition coefficient (Wildman–Crippen LogP) is 5.86. The van der Waals surface area contributed by atoms with E-state index >= 15 is 0 Å². The molecule has 0 aliphatic rings. The van der Waals surface area contributed by atoms with Crippen LogP contribution < -0.4 is 29.7 Å². The molecule has 204 valence electrons. The average molecular weight is 617 g/mol. The molecule has 39 heavy (non-hydrogen) atoms. The van der Waals surface area contributed by atoms with Crippen molar-refractivity contribution in [2.75, 3.05) is 32.2 Å². The van der Waals surface area contributed by atoms with Crippen molar-refractivity contribution in [1.29, 1.82) is 0 Å². The maximum atomic E-state index is 12.6. The van der Waals surface area contributed by atoms with Crippen LogP contribution in [0.4, 0.5) is 5.69 Å². The van der Waals surface area contributed by atoms with Crippen LogP contribution in [-0.4, -0.2) is 45.0 Å². The molecule has 2 N–H and O–H groups in total. The van der Waals surface area contributed by atoms with Crippen molar-refractivity contribution < 1.29 is 28.5 Å². The van der Waals surface area contributed by atoms with Crippen molar-refractivity contribution in [2.45, 2.75) is 6.92 Å². The number of rotatable bonds is 13. The van der Waals surface area contributed by atoms with E-state index in [1.807, 2.05) is 6.92 Å². The van der Waals surface area contributed by atoms with Crippen molar-refractivity contribution >= 4 is 51.2 Å². The van der Waals surface area contributed by atoms with E-state index in [1.54, 1.807) is 60.7 Å². The second-order valence-corrected chi connectivity index (χ2v) is 9.06. The number of methoxy groups -OCH3 is 1. The third kappa shape index (κ3) is 8.76. The first-order chi connectivity index (χ1) is 18.8. The molecule has 0 saturated carbocycles. The number of hydrogen-bond acceptors (Lipinski definition) is 7. The van der Waals surface area contributed by atoms with Gasteiger partial charge in [-0.3, -0.25) is 9.59 Å². The molecule has 0 unspecified atom stereocenters. The SMILES string of the molecule is C=CCOc1ccc(C(=O)N/N=C/c2cc(Br)c(OCC(=O)Nc3ccc(Cl)cc3)c(OC)c2)cc1OCC. The van der Waals surface area contributed by atoms with Gasteiger partial charge in [0.05, 0.1) is 24.4 Å². The summed E-state index contributed by atoms with van der Waals surface area (Å²) in [7, 11) is 1.48. The zero-order valence-electron chi connectivity index (χ0n) is 21.3. The number of nitrogens with zero attached hydrogens (tertiary/aromatic N) is 1. The smallest absolute Gasteiger partial charge is 0.271 e. The summed E-state index contributed by atoms with van der Waals surface area (Å²) >= 11 is 9.30. The fraction of sp³-hybridized carbons (Fsp3) is 0.179. The van der Waals surface area contributed by atoms with Gasteiger partial charge in [0.1, 0.15) is 6.61 Å². The molecule has 0 bridgehead atoms. The summed E-state index contributed by atoms with van der Waals surface area (Å²) in [6, 6.07) is 15.0. The van der Waals surface area contributed by atoms with Crippen LogP contribution in [0.15, 0.2) is 76.8 Å². The predicted molar refractivity (Wildman–Crippen MR) is 155 cm³/mol. The summed E-state index contributed by atoms with van der Waals surface area (Å²) in [6.07, 6.45) is 3.07. The Morgan fingerprint density at radius 1 is 1.03 bits per heavy atom. The van der Waals surface area contributed by atoms with E-state index in [2.05, 4.69) is 38.4 Å². The van der Waals surface area contributed by atoms with E-state index in [-0.39, 0.29) is 12.5 Å². The number of amides is 2. The van der Waals surface area contributed by atoms with Gasteiger partial charge >= 0.3 is 0 Å². The van der Waals surface area contributed by atoms with Gasteiger partial charge in [0.15, 0.2) is 29.6 Å². The van der Waals surface area contributed by atoms with Crippen molar-refractivity contribution in [2.24, 2.45) is 5.10 Å². The van der Waals surface area contributed by atoms with Crippen LogP contribution in [0.25, 0.3) is 0 Å². The summed E-state index contributed by atoms with van der Waals surface area (Å²) in [5, 5.41) is 7.33. The van der Waals surface area contributed by atoms with Crippen LogP contribution in [0.5, 0.6) is 23.0 Å². The minimum absolute atomic E-state index is 0.248. The first-order valence-corrected chi connectivity index (χ1v) is 12.9. The molecule has 3 aromatic carbocycles. The number of anilines is 1. The highest BCUT2D eigenvalue weighted by molar-refractivity contribution is 9.10. The lowest BCUT2D eigenvalue weighted by Gasteiger charge is -2.13. The lowest BCUT2D eigenvalue weighted by molar-refractivity contribution is -0.118. The zero-order valence-corrected chi connectivity index (χ0v) is 23.7. The first-order valence-electron chi connectivity index (χ1n) is 11.7. The zero-order chi connectivity index (χ0) is 28.2. The van der Waals surface area contributed by atoms with E-state index in [4.69, 9.17) is 30.5 Å². The minimum atomic E-state index is -0.430. The number of carbonyl (C=O) groups is 2. The summed E-state index contributed by atoms with van der Waals surface area (Å²) < 4.78 is 22.8. The number of ether oxygens (including phenoxy) is 4. The Bertz CT molecular complexity index is 1350. The average Bonchev–Trinajstić information content (AvgIpc) is 2.92. The van der Waals surface area contributed by atoms with Gasteiger partial charge < -0.3 is 24.3 Å². The van der Waals surface area contributed by atoms with Gasteiger partial charge in [-0.05, 0) is 83.0 Å². The van der Waals surface area contributed by atoms with Crippen LogP contribution in [0.2, 0.25) is 5.02 Å². The molecule has 0 atom stereocenters. The Morgan fingerprint density at radius 2 is 1.79 bits per heavy atom. The molecule has 0 fully saturated rings. The standard InChI is InChI=1S/C28H27BrClN3O6/c1-4-12-38-23-11-6-19(15-24(23)37-5-2)28(35)33-31-16-18-13-22(29)27(25(14-18)36-3)39-17-26(34)32-21-9-7-20(30)8-10-21/h4,6-11,13-16H,1,5,12,17H2,2-3H3,(H,32,34)(H,33,35)/b31-16+. The van der Waals surface area contributed by atoms with Gasteiger partial charge in [0.25, 0.3) is 11.8 Å². The highest BCUT2D eigenvalue weighted by Crippen LogP contribution is 2.36. The molecule has 0 spiro atoms. The number of carbonyl (C=O) groups excluding carboxylic acids is 2. The molecule has 0 saturated heterocycles. The summed E-state index contributed by atoms with van der Waals surface area (Å²) in [6.45, 7) is 5.95. The summed E-state index contributed by atoms with van der Waals surface area (Å²) in [4.78, 5) is 24.9. The number of halogens is 2. The number of hydrazone groups is 1. The molecule has 3 aromatic rings. The second-order valence-electron chi connectivity index (χ2n) is 7.77. The van der Waals surface area contributed by atoms with E-state index in [9.17, 15) is 9.59 Å². The van der Waals surface area contributed by atoms with Crippen LogP contribution in [-0.2, 0) is 4.79 Å². The molecule has 11 heteroatoms. The largest absolute Gasteiger partial charge is 0.493 e. The molecular weight excluding hydrogens is 590 g/mol. The van der Waals surface area contributed by atoms with Crippen molar-refractivity contribution in [1.82, 2.24) is 5.43 Å². The first kappa shape index (κ1) is 29.5. The second kappa shape index (κ2) is 14.8. The summed E-state index contributed by atoms with van der Waals surface area (Å²) in [5.41, 5.74) is 4.04. The topological polar surface area (TPSA) is 107 Å². The lowest BCUT2D eigenvalue weighted by atomic mass is 10.2. The van der Waals surface area contributed by atoms with Crippen molar-refractivity contribution in [3.05, 3.63) is 87.9 Å². The van der Waals surface area contributed by atoms with E-state index in [0.29, 0.717) is 62.5 Å². The van der Waals surface area contributed by atoms with Gasteiger partial charge in [-0.1, -0.05) is 24.3 Å². The lowest BCUT2D eigenvalue weighted by Crippen LogP contribution is -2.20. The molecule has 9 nitrogen and oxygen atoms in total. The molecule has 0 aliphatic heterocycles. The van der Waals surface area contributed by atoms with Gasteiger partial charge in [0.2, 0.25) is 0 Å². The van der Waals surface area contributed by atoms with Gasteiger partial charge in [0, 0.05) is 16.3 Å².